The lowest BCUT2D eigenvalue weighted by molar-refractivity contribution is -0.138. The molecule has 10 nitrogen and oxygen atoms in total. The highest BCUT2D eigenvalue weighted by atomic mass is 16.5. The van der Waals surface area contributed by atoms with Crippen LogP contribution in [0.4, 0.5) is 0 Å². The van der Waals surface area contributed by atoms with Crippen LogP contribution in [0.25, 0.3) is 22.5 Å². The van der Waals surface area contributed by atoms with Crippen molar-refractivity contribution in [3.8, 4) is 34.0 Å². The first-order valence-electron chi connectivity index (χ1n) is 25.7. The monoisotopic (exact) mass is 931 g/mol. The SMILES string of the molecule is C=CC(=O)OCCCCCCCCCCCOc1ccc(-c2ccc(CO[C@@H]3CCCC[C@H]3OCc3ccc(-c4ccc(OCCCCCCCCCCCOC(=O)C=C)cn4)cc3)cc2)nc1. The maximum atomic E-state index is 11.1. The summed E-state index contributed by atoms with van der Waals surface area (Å²) in [5, 5.41) is 0. The van der Waals surface area contributed by atoms with Crippen molar-refractivity contribution in [2.24, 2.45) is 0 Å². The third-order valence-corrected chi connectivity index (χ3v) is 12.5. The van der Waals surface area contributed by atoms with E-state index in [0.29, 0.717) is 39.6 Å². The number of pyridine rings is 2. The zero-order valence-electron chi connectivity index (χ0n) is 40.8. The first-order chi connectivity index (χ1) is 33.5. The van der Waals surface area contributed by atoms with Crippen LogP contribution < -0.4 is 9.47 Å². The molecule has 2 aromatic heterocycles. The van der Waals surface area contributed by atoms with Gasteiger partial charge in [-0.1, -0.05) is 164 Å². The summed E-state index contributed by atoms with van der Waals surface area (Å²) in [7, 11) is 0. The van der Waals surface area contributed by atoms with Gasteiger partial charge in [0.2, 0.25) is 0 Å². The fraction of sp³-hybridized carbons (Fsp3) is 0.517. The molecule has 0 unspecified atom stereocenters. The summed E-state index contributed by atoms with van der Waals surface area (Å²) in [6.45, 7) is 10.3. The molecule has 1 fully saturated rings. The molecule has 4 aromatic rings. The standard InChI is InChI=1S/C58H78N2O8/c1-3-57(61)65-41-23-17-13-9-5-7-11-15-21-39-63-51-35-37-53(59-43-51)49-31-27-47(28-32-49)45-67-55-25-19-20-26-56(55)68-46-48-29-33-50(34-30-48)54-38-36-52(44-60-54)64-40-22-16-12-8-6-10-14-18-24-42-66-58(62)4-2/h3-4,27-38,43-44,55-56H,1-2,5-26,39-42,45-46H2/t55-,56-/m1/s1. The molecule has 0 aliphatic heterocycles. The summed E-state index contributed by atoms with van der Waals surface area (Å²) < 4.78 is 35.0. The molecular weight excluding hydrogens is 853 g/mol. The summed E-state index contributed by atoms with van der Waals surface area (Å²) in [5.74, 6) is 0.944. The van der Waals surface area contributed by atoms with Gasteiger partial charge in [-0.15, -0.1) is 0 Å². The van der Waals surface area contributed by atoms with Gasteiger partial charge in [0, 0.05) is 23.3 Å². The second-order valence-corrected chi connectivity index (χ2v) is 17.9. The van der Waals surface area contributed by atoms with E-state index in [2.05, 4.69) is 71.7 Å². The smallest absolute Gasteiger partial charge is 0.330 e. The minimum atomic E-state index is -0.334. The number of ether oxygens (including phenoxy) is 6. The Morgan fingerprint density at radius 2 is 0.794 bits per heavy atom. The highest BCUT2D eigenvalue weighted by Gasteiger charge is 2.27. The van der Waals surface area contributed by atoms with E-state index < -0.39 is 0 Å². The Bertz CT molecular complexity index is 1840. The zero-order chi connectivity index (χ0) is 47.7. The molecule has 2 aromatic carbocycles. The van der Waals surface area contributed by atoms with Gasteiger partial charge < -0.3 is 28.4 Å². The van der Waals surface area contributed by atoms with Gasteiger partial charge in [-0.25, -0.2) is 9.59 Å². The van der Waals surface area contributed by atoms with Crippen LogP contribution in [-0.2, 0) is 41.8 Å². The second-order valence-electron chi connectivity index (χ2n) is 17.9. The molecule has 0 amide bonds. The van der Waals surface area contributed by atoms with E-state index in [0.717, 1.165) is 109 Å². The minimum Gasteiger partial charge on any atom is -0.492 e. The van der Waals surface area contributed by atoms with Crippen LogP contribution in [0.3, 0.4) is 0 Å². The normalized spacial score (nSPS) is 14.5. The Hall–Kier alpha value is -5.32. The van der Waals surface area contributed by atoms with E-state index in [1.807, 2.05) is 36.7 Å². The van der Waals surface area contributed by atoms with Crippen molar-refractivity contribution in [3.63, 3.8) is 0 Å². The average Bonchev–Trinajstić information content (AvgIpc) is 3.38. The van der Waals surface area contributed by atoms with Gasteiger partial charge in [0.05, 0.1) is 75.6 Å². The Morgan fingerprint density at radius 3 is 1.12 bits per heavy atom. The number of hydrogen-bond acceptors (Lipinski definition) is 10. The molecule has 0 N–H and O–H groups in total. The van der Waals surface area contributed by atoms with E-state index in [1.165, 1.54) is 89.2 Å². The summed E-state index contributed by atoms with van der Waals surface area (Å²) in [6.07, 6.45) is 31.3. The zero-order valence-corrected chi connectivity index (χ0v) is 40.8. The molecule has 0 bridgehead atoms. The number of unbranched alkanes of at least 4 members (excludes halogenated alkanes) is 16. The highest BCUT2D eigenvalue weighted by molar-refractivity contribution is 5.81. The molecule has 1 saturated carbocycles. The predicted molar refractivity (Wildman–Crippen MR) is 271 cm³/mol. The molecule has 2 atom stereocenters. The van der Waals surface area contributed by atoms with Crippen LogP contribution in [0, 0.1) is 0 Å². The Labute approximate surface area is 407 Å². The number of hydrogen-bond donors (Lipinski definition) is 0. The number of esters is 2. The van der Waals surface area contributed by atoms with E-state index >= 15 is 0 Å². The Morgan fingerprint density at radius 1 is 0.456 bits per heavy atom. The van der Waals surface area contributed by atoms with Crippen molar-refractivity contribution < 1.29 is 38.0 Å². The third-order valence-electron chi connectivity index (χ3n) is 12.5. The minimum absolute atomic E-state index is 0.0708. The van der Waals surface area contributed by atoms with Crippen LogP contribution in [0.15, 0.2) is 111 Å². The maximum Gasteiger partial charge on any atom is 0.330 e. The van der Waals surface area contributed by atoms with E-state index in [1.54, 1.807) is 0 Å². The van der Waals surface area contributed by atoms with Crippen LogP contribution in [0.5, 0.6) is 11.5 Å². The Balaban J connectivity index is 0.901. The fourth-order valence-electron chi connectivity index (χ4n) is 8.39. The molecule has 0 radical (unpaired) electrons. The van der Waals surface area contributed by atoms with Gasteiger partial charge in [-0.3, -0.25) is 9.97 Å². The summed E-state index contributed by atoms with van der Waals surface area (Å²) in [5.41, 5.74) is 6.26. The number of nitrogens with zero attached hydrogens (tertiary/aromatic N) is 2. The molecule has 1 aliphatic rings. The van der Waals surface area contributed by atoms with Gasteiger partial charge in [0.15, 0.2) is 0 Å². The molecule has 0 spiro atoms. The van der Waals surface area contributed by atoms with Gasteiger partial charge >= 0.3 is 11.9 Å². The average molecular weight is 931 g/mol. The van der Waals surface area contributed by atoms with E-state index in [-0.39, 0.29) is 24.1 Å². The lowest BCUT2D eigenvalue weighted by Gasteiger charge is -2.31. The number of carbonyl (C=O) groups excluding carboxylic acids is 2. The third kappa shape index (κ3) is 21.8. The highest BCUT2D eigenvalue weighted by Crippen LogP contribution is 2.28. The van der Waals surface area contributed by atoms with Crippen molar-refractivity contribution in [2.75, 3.05) is 26.4 Å². The predicted octanol–water partition coefficient (Wildman–Crippen LogP) is 14.1. The van der Waals surface area contributed by atoms with Crippen molar-refractivity contribution in [1.82, 2.24) is 9.97 Å². The van der Waals surface area contributed by atoms with Crippen molar-refractivity contribution in [2.45, 2.75) is 167 Å². The molecular formula is C58H78N2O8. The van der Waals surface area contributed by atoms with Gasteiger partial charge in [0.1, 0.15) is 11.5 Å². The number of benzene rings is 2. The largest absolute Gasteiger partial charge is 0.492 e. The number of rotatable bonds is 36. The van der Waals surface area contributed by atoms with Crippen LogP contribution in [0.1, 0.15) is 152 Å². The lowest BCUT2D eigenvalue weighted by Crippen LogP contribution is -2.34. The molecule has 2 heterocycles. The molecule has 368 valence electrons. The second kappa shape index (κ2) is 33.2. The number of carbonyl (C=O) groups is 2. The van der Waals surface area contributed by atoms with Gasteiger partial charge in [0.25, 0.3) is 0 Å². The van der Waals surface area contributed by atoms with Crippen molar-refractivity contribution >= 4 is 11.9 Å². The molecule has 68 heavy (non-hydrogen) atoms. The van der Waals surface area contributed by atoms with Crippen LogP contribution in [-0.4, -0.2) is 60.5 Å². The van der Waals surface area contributed by atoms with Gasteiger partial charge in [-0.2, -0.15) is 0 Å². The fourth-order valence-corrected chi connectivity index (χ4v) is 8.39. The summed E-state index contributed by atoms with van der Waals surface area (Å²) in [6, 6.07) is 25.1. The number of aromatic nitrogens is 2. The molecule has 10 heteroatoms. The quantitative estimate of drug-likeness (QED) is 0.0248. The first kappa shape index (κ1) is 53.6. The molecule has 5 rings (SSSR count). The van der Waals surface area contributed by atoms with Gasteiger partial charge in [-0.05, 0) is 73.9 Å². The van der Waals surface area contributed by atoms with Crippen LogP contribution >= 0.6 is 0 Å². The summed E-state index contributed by atoms with van der Waals surface area (Å²) >= 11 is 0. The van der Waals surface area contributed by atoms with Crippen molar-refractivity contribution in [1.29, 1.82) is 0 Å². The topological polar surface area (TPSA) is 115 Å². The van der Waals surface area contributed by atoms with Crippen molar-refractivity contribution in [3.05, 3.63) is 122 Å². The molecule has 0 saturated heterocycles. The van der Waals surface area contributed by atoms with E-state index in [9.17, 15) is 9.59 Å². The van der Waals surface area contributed by atoms with Crippen LogP contribution in [0.2, 0.25) is 0 Å². The summed E-state index contributed by atoms with van der Waals surface area (Å²) in [4.78, 5) is 31.5. The first-order valence-corrected chi connectivity index (χ1v) is 25.7. The Kier molecular flexibility index (Phi) is 26.2. The maximum absolute atomic E-state index is 11.1. The molecule has 1 aliphatic carbocycles. The van der Waals surface area contributed by atoms with E-state index in [4.69, 9.17) is 28.4 Å². The lowest BCUT2D eigenvalue weighted by atomic mass is 9.94.